The number of rotatable bonds is 12. The van der Waals surface area contributed by atoms with E-state index in [2.05, 4.69) is 96.2 Å². The summed E-state index contributed by atoms with van der Waals surface area (Å²) in [4.78, 5) is 30.6. The van der Waals surface area contributed by atoms with E-state index in [1.807, 2.05) is 37.1 Å². The van der Waals surface area contributed by atoms with E-state index < -0.39 is 14.5 Å². The van der Waals surface area contributed by atoms with Crippen LogP contribution in [0.25, 0.3) is 11.2 Å². The highest BCUT2D eigenvalue weighted by Gasteiger charge is 2.51. The fraction of sp³-hybridized carbons (Fsp3) is 0.438. The van der Waals surface area contributed by atoms with Crippen LogP contribution in [0, 0.1) is 0 Å². The van der Waals surface area contributed by atoms with Crippen molar-refractivity contribution in [1.82, 2.24) is 24.4 Å². The van der Waals surface area contributed by atoms with Gasteiger partial charge in [0.15, 0.2) is 11.2 Å². The maximum atomic E-state index is 12.8. The van der Waals surface area contributed by atoms with Crippen LogP contribution in [0.5, 0.6) is 0 Å². The fourth-order valence-corrected chi connectivity index (χ4v) is 11.9. The van der Waals surface area contributed by atoms with Gasteiger partial charge in [-0.15, -0.1) is 0 Å². The molecule has 0 aliphatic carbocycles. The highest BCUT2D eigenvalue weighted by molar-refractivity contribution is 8.76. The van der Waals surface area contributed by atoms with Gasteiger partial charge in [0.05, 0.1) is 25.4 Å². The van der Waals surface area contributed by atoms with Crippen LogP contribution in [-0.2, 0) is 13.9 Å². The van der Waals surface area contributed by atoms with Crippen LogP contribution in [0.4, 0.5) is 5.95 Å². The van der Waals surface area contributed by atoms with Crippen LogP contribution in [-0.4, -0.2) is 83.7 Å². The summed E-state index contributed by atoms with van der Waals surface area (Å²) >= 11 is 0. The number of H-pyrrole nitrogens is 1. The minimum absolute atomic E-state index is 0.0600. The summed E-state index contributed by atoms with van der Waals surface area (Å²) in [5.41, 5.74) is 0.230. The van der Waals surface area contributed by atoms with E-state index in [0.717, 1.165) is 0 Å². The molecule has 1 aliphatic rings. The Morgan fingerprint density at radius 1 is 1.16 bits per heavy atom. The third-order valence-electron chi connectivity index (χ3n) is 7.80. The van der Waals surface area contributed by atoms with Crippen molar-refractivity contribution in [2.24, 2.45) is 4.99 Å². The molecule has 1 unspecified atom stereocenters. The molecule has 0 bridgehead atoms. The predicted octanol–water partition coefficient (Wildman–Crippen LogP) is 4.95. The van der Waals surface area contributed by atoms with Crippen LogP contribution in [0.15, 0.2) is 76.8 Å². The first-order chi connectivity index (χ1) is 21.5. The van der Waals surface area contributed by atoms with E-state index in [1.165, 1.54) is 10.4 Å². The molecule has 1 fully saturated rings. The van der Waals surface area contributed by atoms with Gasteiger partial charge in [0, 0.05) is 20.5 Å². The molecule has 0 spiro atoms. The van der Waals surface area contributed by atoms with Crippen LogP contribution in [0.2, 0.25) is 5.04 Å². The molecule has 0 radical (unpaired) electrons. The first kappa shape index (κ1) is 33.4. The second-order valence-corrected chi connectivity index (χ2v) is 19.3. The van der Waals surface area contributed by atoms with Gasteiger partial charge >= 0.3 is 0 Å². The third kappa shape index (κ3) is 7.23. The first-order valence-corrected chi connectivity index (χ1v) is 19.5. The van der Waals surface area contributed by atoms with Crippen LogP contribution in [0.1, 0.15) is 40.3 Å². The van der Waals surface area contributed by atoms with Gasteiger partial charge in [-0.2, -0.15) is 4.98 Å². The van der Waals surface area contributed by atoms with E-state index in [-0.39, 0.29) is 39.7 Å². The van der Waals surface area contributed by atoms with E-state index in [9.17, 15) is 4.79 Å². The molecule has 5 rings (SSSR count). The molecule has 45 heavy (non-hydrogen) atoms. The summed E-state index contributed by atoms with van der Waals surface area (Å²) in [5.74, 6) is 0.199. The molecule has 3 heterocycles. The van der Waals surface area contributed by atoms with Gasteiger partial charge in [-0.05, 0) is 28.6 Å². The minimum atomic E-state index is -2.81. The van der Waals surface area contributed by atoms with Crippen LogP contribution in [0.3, 0.4) is 0 Å². The number of imidazole rings is 1. The van der Waals surface area contributed by atoms with Crippen molar-refractivity contribution in [2.45, 2.75) is 63.0 Å². The van der Waals surface area contributed by atoms with Gasteiger partial charge in [0.2, 0.25) is 5.95 Å². The molecule has 2 aromatic carbocycles. The highest BCUT2D eigenvalue weighted by atomic mass is 33.1. The molecular formula is C32H42N6O4S2Si. The Balaban J connectivity index is 1.50. The summed E-state index contributed by atoms with van der Waals surface area (Å²) in [6, 6.07) is 21.2. The summed E-state index contributed by atoms with van der Waals surface area (Å²) in [5, 5.41) is 2.23. The molecule has 13 heteroatoms. The van der Waals surface area contributed by atoms with Crippen molar-refractivity contribution in [2.75, 3.05) is 27.0 Å². The van der Waals surface area contributed by atoms with Gasteiger partial charge in [-0.25, -0.2) is 9.98 Å². The Hall–Kier alpha value is -2.94. The topological polar surface area (TPSA) is 107 Å². The zero-order valence-corrected chi connectivity index (χ0v) is 29.5. The third-order valence-corrected chi connectivity index (χ3v) is 14.8. The second kappa shape index (κ2) is 14.2. The second-order valence-electron chi connectivity index (χ2n) is 12.3. The molecule has 0 amide bonds. The lowest BCUT2D eigenvalue weighted by Crippen LogP contribution is -2.67. The fourth-order valence-electron chi connectivity index (χ4n) is 5.89. The normalized spacial score (nSPS) is 19.8. The number of fused-ring (bicyclic) bond motifs is 1. The van der Waals surface area contributed by atoms with E-state index in [0.29, 0.717) is 18.7 Å². The zero-order valence-electron chi connectivity index (χ0n) is 26.8. The smallest absolute Gasteiger partial charge is 0.280 e. The lowest BCUT2D eigenvalue weighted by Gasteiger charge is -2.43. The summed E-state index contributed by atoms with van der Waals surface area (Å²) in [6.45, 7) is 9.18. The number of nitrogens with zero attached hydrogens (tertiary/aromatic N) is 5. The number of ether oxygens (including phenoxy) is 2. The van der Waals surface area contributed by atoms with E-state index in [1.54, 1.807) is 39.2 Å². The molecule has 1 aliphatic heterocycles. The largest absolute Gasteiger partial charge is 0.405 e. The Morgan fingerprint density at radius 2 is 1.80 bits per heavy atom. The van der Waals surface area contributed by atoms with Gasteiger partial charge in [0.1, 0.15) is 17.8 Å². The quantitative estimate of drug-likeness (QED) is 0.0740. The molecule has 2 aromatic heterocycles. The number of hydrogen-bond donors (Lipinski definition) is 1. The number of aliphatic imine (C=N–C) groups is 1. The molecule has 1 N–H and O–H groups in total. The summed E-state index contributed by atoms with van der Waals surface area (Å²) in [7, 11) is 4.22. The Bertz CT molecular complexity index is 1600. The standard InChI is InChI=1S/C32H42N6O4S2Si/c1-22(44-43-7)41-25-18-27(38-21-33-28-29(38)35-31(36-30(28)39)34-20-37(5)6)42-26(25)19-40-45(32(2,3)4,23-14-10-8-11-15-23)24-16-12-9-13-17-24/h8-17,20-22,25-27H,18-19H2,1-7H3,(H,35,36,39)/t22-,25?,26+,27+/m0/s1. The number of benzene rings is 2. The summed E-state index contributed by atoms with van der Waals surface area (Å²) < 4.78 is 22.4. The monoisotopic (exact) mass is 666 g/mol. The molecular weight excluding hydrogens is 625 g/mol. The average molecular weight is 667 g/mol. The SMILES string of the molecule is CSS[C@@H](C)OC1C[C@H](n2cnc3c(=O)[nH]c(N=CN(C)C)nc32)O[C@@H]1CO[Si](c1ccccc1)(c1ccccc1)C(C)(C)C. The zero-order chi connectivity index (χ0) is 32.2. The molecule has 4 aromatic rings. The number of hydrogen-bond acceptors (Lipinski definition) is 9. The van der Waals surface area contributed by atoms with Crippen molar-refractivity contribution in [3.8, 4) is 0 Å². The number of nitrogens with one attached hydrogen (secondary N) is 1. The first-order valence-electron chi connectivity index (χ1n) is 15.0. The Morgan fingerprint density at radius 3 is 2.38 bits per heavy atom. The highest BCUT2D eigenvalue weighted by Crippen LogP contribution is 2.40. The molecule has 4 atom stereocenters. The number of aromatic amines is 1. The molecule has 10 nitrogen and oxygen atoms in total. The maximum Gasteiger partial charge on any atom is 0.280 e. The molecule has 240 valence electrons. The van der Waals surface area contributed by atoms with Gasteiger partial charge < -0.3 is 18.8 Å². The van der Waals surface area contributed by atoms with Crippen molar-refractivity contribution >= 4 is 63.7 Å². The lowest BCUT2D eigenvalue weighted by atomic mass is 10.2. The van der Waals surface area contributed by atoms with E-state index in [4.69, 9.17) is 13.9 Å². The molecule has 0 saturated carbocycles. The van der Waals surface area contributed by atoms with E-state index >= 15 is 0 Å². The van der Waals surface area contributed by atoms with Gasteiger partial charge in [-0.3, -0.25) is 14.3 Å². The minimum Gasteiger partial charge on any atom is -0.405 e. The number of aromatic nitrogens is 4. The van der Waals surface area contributed by atoms with Gasteiger partial charge in [-0.1, -0.05) is 103 Å². The maximum absolute atomic E-state index is 12.8. The Kier molecular flexibility index (Phi) is 10.6. The average Bonchev–Trinajstić information content (AvgIpc) is 3.61. The van der Waals surface area contributed by atoms with Crippen molar-refractivity contribution in [3.63, 3.8) is 0 Å². The van der Waals surface area contributed by atoms with Crippen molar-refractivity contribution < 1.29 is 13.9 Å². The predicted molar refractivity (Wildman–Crippen MR) is 188 cm³/mol. The Labute approximate surface area is 273 Å². The van der Waals surface area contributed by atoms with Crippen molar-refractivity contribution in [1.29, 1.82) is 0 Å². The van der Waals surface area contributed by atoms with Crippen molar-refractivity contribution in [3.05, 3.63) is 77.3 Å². The van der Waals surface area contributed by atoms with Gasteiger partial charge in [0.25, 0.3) is 13.9 Å². The van der Waals surface area contributed by atoms with Crippen LogP contribution < -0.4 is 15.9 Å². The molecule has 1 saturated heterocycles. The van der Waals surface area contributed by atoms with Crippen LogP contribution >= 0.6 is 21.6 Å². The lowest BCUT2D eigenvalue weighted by molar-refractivity contribution is -0.0599. The summed E-state index contributed by atoms with van der Waals surface area (Å²) in [6.07, 6.45) is 4.70.